The van der Waals surface area contributed by atoms with Gasteiger partial charge in [0.1, 0.15) is 11.4 Å². The smallest absolute Gasteiger partial charge is 0.315 e. The summed E-state index contributed by atoms with van der Waals surface area (Å²) in [6, 6.07) is 5.81. The lowest BCUT2D eigenvalue weighted by atomic mass is 10.2. The molecule has 1 heterocycles. The highest BCUT2D eigenvalue weighted by Gasteiger charge is 2.23. The molecule has 0 radical (unpaired) electrons. The van der Waals surface area contributed by atoms with E-state index >= 15 is 0 Å². The lowest BCUT2D eigenvalue weighted by Crippen LogP contribution is -2.31. The first-order valence-corrected chi connectivity index (χ1v) is 7.09. The fourth-order valence-corrected chi connectivity index (χ4v) is 2.68. The molecule has 0 aliphatic carbocycles. The summed E-state index contributed by atoms with van der Waals surface area (Å²) in [4.78, 5) is 13.3. The van der Waals surface area contributed by atoms with Gasteiger partial charge in [-0.05, 0) is 45.5 Å². The lowest BCUT2D eigenvalue weighted by Gasteiger charge is -2.20. The first kappa shape index (κ1) is 14.6. The minimum absolute atomic E-state index is 0.134. The fourth-order valence-electron chi connectivity index (χ4n) is 2.68. The molecule has 1 aromatic rings. The molecule has 6 nitrogen and oxygen atoms in total. The van der Waals surface area contributed by atoms with E-state index in [-0.39, 0.29) is 10.6 Å². The van der Waals surface area contributed by atoms with Crippen molar-refractivity contribution >= 4 is 17.1 Å². The molecule has 1 unspecified atom stereocenters. The van der Waals surface area contributed by atoms with Gasteiger partial charge in [0.15, 0.2) is 0 Å². The summed E-state index contributed by atoms with van der Waals surface area (Å²) in [6.07, 6.45) is 2.34. The van der Waals surface area contributed by atoms with Crippen LogP contribution in [0.2, 0.25) is 0 Å². The van der Waals surface area contributed by atoms with Gasteiger partial charge >= 0.3 is 5.69 Å². The largest absolute Gasteiger partial charge is 0.380 e. The molecule has 1 aliphatic rings. The molecule has 0 amide bonds. The number of nitrogens with one attached hydrogen (secondary N) is 2. The quantitative estimate of drug-likeness (QED) is 0.618. The van der Waals surface area contributed by atoms with Gasteiger partial charge in [-0.2, -0.15) is 0 Å². The third kappa shape index (κ3) is 3.19. The molecule has 0 bridgehead atoms. The van der Waals surface area contributed by atoms with Crippen molar-refractivity contribution in [2.24, 2.45) is 0 Å². The Morgan fingerprint density at radius 3 is 2.65 bits per heavy atom. The number of para-hydroxylation sites is 1. The van der Waals surface area contributed by atoms with Crippen LogP contribution >= 0.6 is 0 Å². The summed E-state index contributed by atoms with van der Waals surface area (Å²) in [6.45, 7) is 4.44. The Balaban J connectivity index is 2.13. The van der Waals surface area contributed by atoms with Crippen LogP contribution in [0.25, 0.3) is 0 Å². The van der Waals surface area contributed by atoms with E-state index in [0.717, 1.165) is 19.5 Å². The van der Waals surface area contributed by atoms with E-state index in [4.69, 9.17) is 0 Å². The molecule has 0 saturated carbocycles. The number of likely N-dealkylation sites (tertiary alicyclic amines) is 1. The van der Waals surface area contributed by atoms with Gasteiger partial charge in [0.2, 0.25) is 0 Å². The first-order valence-electron chi connectivity index (χ1n) is 7.09. The number of likely N-dealkylation sites (N-methyl/N-ethyl adjacent to an activating group) is 1. The Labute approximate surface area is 119 Å². The fraction of sp³-hybridized carbons (Fsp3) is 0.571. The monoisotopic (exact) mass is 278 g/mol. The first-order chi connectivity index (χ1) is 9.63. The number of nitrogens with zero attached hydrogens (tertiary/aromatic N) is 2. The highest BCUT2D eigenvalue weighted by atomic mass is 16.6. The van der Waals surface area contributed by atoms with Crippen molar-refractivity contribution in [2.75, 3.05) is 37.3 Å². The van der Waals surface area contributed by atoms with Gasteiger partial charge in [-0.1, -0.05) is 6.07 Å². The zero-order valence-corrected chi connectivity index (χ0v) is 12.1. The third-order valence-electron chi connectivity index (χ3n) is 3.79. The van der Waals surface area contributed by atoms with E-state index < -0.39 is 0 Å². The average molecular weight is 278 g/mol. The number of nitro benzene ring substituents is 1. The number of rotatable bonds is 6. The van der Waals surface area contributed by atoms with Crippen molar-refractivity contribution < 1.29 is 4.92 Å². The minimum Gasteiger partial charge on any atom is -0.380 e. The Morgan fingerprint density at radius 2 is 2.10 bits per heavy atom. The van der Waals surface area contributed by atoms with Crippen LogP contribution in [0, 0.1) is 10.1 Å². The number of benzene rings is 1. The highest BCUT2D eigenvalue weighted by molar-refractivity contribution is 5.76. The maximum absolute atomic E-state index is 11.3. The van der Waals surface area contributed by atoms with E-state index in [9.17, 15) is 10.1 Å². The van der Waals surface area contributed by atoms with Crippen LogP contribution in [0.1, 0.15) is 19.8 Å². The Bertz CT molecular complexity index is 478. The zero-order chi connectivity index (χ0) is 14.5. The number of anilines is 2. The van der Waals surface area contributed by atoms with Gasteiger partial charge in [-0.25, -0.2) is 0 Å². The van der Waals surface area contributed by atoms with E-state index in [1.807, 2.05) is 13.0 Å². The molecule has 1 fully saturated rings. The third-order valence-corrected chi connectivity index (χ3v) is 3.79. The average Bonchev–Trinajstić information content (AvgIpc) is 2.82. The van der Waals surface area contributed by atoms with Crippen molar-refractivity contribution in [3.05, 3.63) is 28.3 Å². The van der Waals surface area contributed by atoms with Crippen LogP contribution in [-0.2, 0) is 0 Å². The maximum atomic E-state index is 11.3. The van der Waals surface area contributed by atoms with Crippen LogP contribution in [0.4, 0.5) is 17.1 Å². The predicted octanol–water partition coefficient (Wildman–Crippen LogP) is 2.53. The van der Waals surface area contributed by atoms with Crippen LogP contribution in [0.3, 0.4) is 0 Å². The summed E-state index contributed by atoms with van der Waals surface area (Å²) < 4.78 is 0. The zero-order valence-electron chi connectivity index (χ0n) is 12.1. The molecule has 2 N–H and O–H groups in total. The second kappa shape index (κ2) is 6.56. The predicted molar refractivity (Wildman–Crippen MR) is 81.4 cm³/mol. The lowest BCUT2D eigenvalue weighted by molar-refractivity contribution is -0.383. The van der Waals surface area contributed by atoms with Crippen molar-refractivity contribution in [3.63, 3.8) is 0 Å². The summed E-state index contributed by atoms with van der Waals surface area (Å²) >= 11 is 0. The van der Waals surface area contributed by atoms with Gasteiger partial charge in [0.05, 0.1) is 4.92 Å². The number of nitro groups is 1. The van der Waals surface area contributed by atoms with Crippen molar-refractivity contribution in [1.82, 2.24) is 4.90 Å². The highest BCUT2D eigenvalue weighted by Crippen LogP contribution is 2.33. The van der Waals surface area contributed by atoms with Gasteiger partial charge in [-0.3, -0.25) is 10.1 Å². The summed E-state index contributed by atoms with van der Waals surface area (Å²) in [5.74, 6) is 0. The Morgan fingerprint density at radius 1 is 1.40 bits per heavy atom. The molecule has 1 aliphatic heterocycles. The van der Waals surface area contributed by atoms with Gasteiger partial charge < -0.3 is 15.5 Å². The van der Waals surface area contributed by atoms with Crippen LogP contribution in [-0.4, -0.2) is 42.5 Å². The molecule has 1 aromatic carbocycles. The summed E-state index contributed by atoms with van der Waals surface area (Å²) in [7, 11) is 2.10. The van der Waals surface area contributed by atoms with E-state index in [2.05, 4.69) is 22.6 Å². The maximum Gasteiger partial charge on any atom is 0.315 e. The van der Waals surface area contributed by atoms with E-state index in [0.29, 0.717) is 24.0 Å². The van der Waals surface area contributed by atoms with Crippen molar-refractivity contribution in [3.8, 4) is 0 Å². The molecular formula is C14H22N4O2. The molecular weight excluding hydrogens is 256 g/mol. The van der Waals surface area contributed by atoms with E-state index in [1.54, 1.807) is 12.1 Å². The molecule has 0 aromatic heterocycles. The van der Waals surface area contributed by atoms with Crippen molar-refractivity contribution in [2.45, 2.75) is 25.8 Å². The van der Waals surface area contributed by atoms with Gasteiger partial charge in [0.25, 0.3) is 0 Å². The molecule has 2 rings (SSSR count). The molecule has 20 heavy (non-hydrogen) atoms. The van der Waals surface area contributed by atoms with Crippen LogP contribution < -0.4 is 10.6 Å². The van der Waals surface area contributed by atoms with E-state index in [1.165, 1.54) is 6.42 Å². The van der Waals surface area contributed by atoms with Gasteiger partial charge in [-0.15, -0.1) is 0 Å². The number of hydrogen-bond donors (Lipinski definition) is 2. The molecule has 6 heteroatoms. The minimum atomic E-state index is -0.321. The SMILES string of the molecule is CCNc1cccc(NCC2CCCN2C)c1[N+](=O)[O-]. The normalized spacial score (nSPS) is 19.0. The van der Waals surface area contributed by atoms with Crippen molar-refractivity contribution in [1.29, 1.82) is 0 Å². The summed E-state index contributed by atoms with van der Waals surface area (Å²) in [5.41, 5.74) is 1.30. The molecule has 1 saturated heterocycles. The molecule has 110 valence electrons. The van der Waals surface area contributed by atoms with Crippen LogP contribution in [0.15, 0.2) is 18.2 Å². The second-order valence-electron chi connectivity index (χ2n) is 5.15. The number of hydrogen-bond acceptors (Lipinski definition) is 5. The Hall–Kier alpha value is -1.82. The summed E-state index contributed by atoms with van der Waals surface area (Å²) in [5, 5.41) is 17.6. The second-order valence-corrected chi connectivity index (χ2v) is 5.15. The Kier molecular flexibility index (Phi) is 4.79. The van der Waals surface area contributed by atoms with Gasteiger partial charge in [0, 0.05) is 19.1 Å². The molecule has 1 atom stereocenters. The standard InChI is InChI=1S/C14H22N4O2/c1-3-15-12-7-4-8-13(14(12)18(19)20)16-10-11-6-5-9-17(11)2/h4,7-8,11,15-16H,3,5-6,9-10H2,1-2H3. The molecule has 0 spiro atoms. The van der Waals surface area contributed by atoms with Crippen LogP contribution in [0.5, 0.6) is 0 Å². The topological polar surface area (TPSA) is 70.4 Å².